The summed E-state index contributed by atoms with van der Waals surface area (Å²) in [5.41, 5.74) is 2.98. The number of amides is 1. The van der Waals surface area contributed by atoms with Crippen molar-refractivity contribution in [2.45, 2.75) is 51.5 Å². The molecule has 0 radical (unpaired) electrons. The summed E-state index contributed by atoms with van der Waals surface area (Å²) in [7, 11) is 5.09. The average Bonchev–Trinajstić information content (AvgIpc) is 3.71. The minimum absolute atomic E-state index is 0.0202. The standard InChI is InChI=1S/C28H42N2O5/c1-6-8-10-22(7-2)20-35-26-14-11-23(17-24(26)21-34-16-9-15-32-4)19-30(25-12-13-25)28(31)27(33-5)18-29-3/h6-8,10-11,14,17,25,27,29H,2,9,12-13,15-16,18-21H2,1,3-5H3/b8-6-,22-10+/t27-/m1/s1. The summed E-state index contributed by atoms with van der Waals surface area (Å²) in [6, 6.07) is 6.34. The van der Waals surface area contributed by atoms with Crippen molar-refractivity contribution in [3.05, 3.63) is 65.8 Å². The maximum atomic E-state index is 13.1. The number of methoxy groups -OCH3 is 2. The lowest BCUT2D eigenvalue weighted by molar-refractivity contribution is -0.143. The lowest BCUT2D eigenvalue weighted by Gasteiger charge is -2.27. The number of carbonyl (C=O) groups excluding carboxylic acids is 1. The van der Waals surface area contributed by atoms with E-state index in [0.29, 0.717) is 39.5 Å². The van der Waals surface area contributed by atoms with Gasteiger partial charge in [-0.3, -0.25) is 4.79 Å². The Morgan fingerprint density at radius 3 is 2.71 bits per heavy atom. The van der Waals surface area contributed by atoms with Gasteiger partial charge in [-0.25, -0.2) is 0 Å². The smallest absolute Gasteiger partial charge is 0.253 e. The van der Waals surface area contributed by atoms with Crippen LogP contribution in [0.3, 0.4) is 0 Å². The molecule has 0 heterocycles. The van der Waals surface area contributed by atoms with Crippen molar-refractivity contribution >= 4 is 5.91 Å². The quantitative estimate of drug-likeness (QED) is 0.250. The highest BCUT2D eigenvalue weighted by atomic mass is 16.5. The van der Waals surface area contributed by atoms with Crippen LogP contribution >= 0.6 is 0 Å². The Bertz CT molecular complexity index is 848. The van der Waals surface area contributed by atoms with Gasteiger partial charge in [0.15, 0.2) is 0 Å². The minimum Gasteiger partial charge on any atom is -0.489 e. The monoisotopic (exact) mass is 486 g/mol. The fourth-order valence-corrected chi connectivity index (χ4v) is 3.64. The van der Waals surface area contributed by atoms with Gasteiger partial charge in [0, 0.05) is 52.1 Å². The van der Waals surface area contributed by atoms with Crippen molar-refractivity contribution in [1.82, 2.24) is 10.2 Å². The molecule has 0 unspecified atom stereocenters. The first-order chi connectivity index (χ1) is 17.1. The number of benzene rings is 1. The van der Waals surface area contributed by atoms with Crippen molar-refractivity contribution in [3.63, 3.8) is 0 Å². The van der Waals surface area contributed by atoms with Crippen LogP contribution in [0.5, 0.6) is 5.75 Å². The van der Waals surface area contributed by atoms with Crippen molar-refractivity contribution in [2.24, 2.45) is 0 Å². The molecule has 1 aromatic carbocycles. The molecule has 35 heavy (non-hydrogen) atoms. The fourth-order valence-electron chi connectivity index (χ4n) is 3.64. The molecular formula is C28H42N2O5. The first kappa shape index (κ1) is 28.8. The summed E-state index contributed by atoms with van der Waals surface area (Å²) >= 11 is 0. The van der Waals surface area contributed by atoms with Crippen LogP contribution < -0.4 is 10.1 Å². The number of hydrogen-bond donors (Lipinski definition) is 1. The normalized spacial score (nSPS) is 14.8. The van der Waals surface area contributed by atoms with Crippen LogP contribution in [0.1, 0.15) is 37.3 Å². The largest absolute Gasteiger partial charge is 0.489 e. The maximum absolute atomic E-state index is 13.1. The van der Waals surface area contributed by atoms with E-state index in [2.05, 4.69) is 18.0 Å². The van der Waals surface area contributed by atoms with Crippen molar-refractivity contribution in [2.75, 3.05) is 47.6 Å². The second kappa shape index (κ2) is 16.3. The zero-order valence-corrected chi connectivity index (χ0v) is 21.8. The third-order valence-corrected chi connectivity index (χ3v) is 5.75. The molecular weight excluding hydrogens is 444 g/mol. The molecule has 7 heteroatoms. The Labute approximate surface area is 210 Å². The number of hydrogen-bond acceptors (Lipinski definition) is 6. The Balaban J connectivity index is 2.18. The topological polar surface area (TPSA) is 69.3 Å². The molecule has 1 N–H and O–H groups in total. The van der Waals surface area contributed by atoms with E-state index >= 15 is 0 Å². The molecule has 0 aliphatic heterocycles. The van der Waals surface area contributed by atoms with Crippen LogP contribution in [0.25, 0.3) is 0 Å². The highest BCUT2D eigenvalue weighted by Crippen LogP contribution is 2.30. The molecule has 1 aliphatic rings. The average molecular weight is 487 g/mol. The molecule has 0 spiro atoms. The molecule has 194 valence electrons. The second-order valence-electron chi connectivity index (χ2n) is 8.58. The van der Waals surface area contributed by atoms with Crippen molar-refractivity contribution < 1.29 is 23.7 Å². The van der Waals surface area contributed by atoms with E-state index in [0.717, 1.165) is 41.7 Å². The molecule has 2 rings (SSSR count). The van der Waals surface area contributed by atoms with Gasteiger partial charge in [0.05, 0.1) is 6.61 Å². The predicted octanol–water partition coefficient (Wildman–Crippen LogP) is 4.03. The van der Waals surface area contributed by atoms with Crippen molar-refractivity contribution in [3.8, 4) is 5.75 Å². The summed E-state index contributed by atoms with van der Waals surface area (Å²) in [4.78, 5) is 15.1. The van der Waals surface area contributed by atoms with E-state index in [1.54, 1.807) is 20.3 Å². The van der Waals surface area contributed by atoms with Gasteiger partial charge in [0.1, 0.15) is 18.5 Å². The fraction of sp³-hybridized carbons (Fsp3) is 0.536. The van der Waals surface area contributed by atoms with Gasteiger partial charge in [-0.2, -0.15) is 0 Å². The van der Waals surface area contributed by atoms with Gasteiger partial charge < -0.3 is 29.2 Å². The third-order valence-electron chi connectivity index (χ3n) is 5.75. The second-order valence-corrected chi connectivity index (χ2v) is 8.58. The van der Waals surface area contributed by atoms with E-state index < -0.39 is 6.10 Å². The first-order valence-corrected chi connectivity index (χ1v) is 12.3. The van der Waals surface area contributed by atoms with Gasteiger partial charge in [0.25, 0.3) is 5.91 Å². The van der Waals surface area contributed by atoms with Gasteiger partial charge in [-0.15, -0.1) is 0 Å². The van der Waals surface area contributed by atoms with Crippen molar-refractivity contribution in [1.29, 1.82) is 0 Å². The number of carbonyl (C=O) groups is 1. The number of rotatable bonds is 18. The zero-order chi connectivity index (χ0) is 25.5. The number of ether oxygens (including phenoxy) is 4. The Hall–Kier alpha value is -2.45. The zero-order valence-electron chi connectivity index (χ0n) is 21.8. The van der Waals surface area contributed by atoms with Crippen LogP contribution in [0, 0.1) is 0 Å². The third kappa shape index (κ3) is 9.98. The predicted molar refractivity (Wildman–Crippen MR) is 139 cm³/mol. The maximum Gasteiger partial charge on any atom is 0.253 e. The van der Waals surface area contributed by atoms with Gasteiger partial charge in [-0.1, -0.05) is 36.9 Å². The van der Waals surface area contributed by atoms with Crippen LogP contribution in [-0.2, 0) is 32.2 Å². The first-order valence-electron chi connectivity index (χ1n) is 12.3. The number of allylic oxidation sites excluding steroid dienone is 3. The summed E-state index contributed by atoms with van der Waals surface area (Å²) in [5.74, 6) is 0.787. The van der Waals surface area contributed by atoms with Gasteiger partial charge in [0.2, 0.25) is 0 Å². The molecule has 1 atom stereocenters. The SMILES string of the molecule is C=C/C(=C\C=C/C)COc1ccc(CN(C(=O)[C@@H](CNC)OC)C2CC2)cc1COCCCOC. The molecule has 7 nitrogen and oxygen atoms in total. The Morgan fingerprint density at radius 1 is 1.29 bits per heavy atom. The van der Waals surface area contributed by atoms with E-state index in [9.17, 15) is 4.79 Å². The van der Waals surface area contributed by atoms with E-state index in [-0.39, 0.29) is 11.9 Å². The Kier molecular flexibility index (Phi) is 13.4. The molecule has 0 aromatic heterocycles. The number of nitrogens with one attached hydrogen (secondary N) is 1. The summed E-state index contributed by atoms with van der Waals surface area (Å²) < 4.78 is 22.6. The molecule has 0 bridgehead atoms. The Morgan fingerprint density at radius 2 is 2.09 bits per heavy atom. The number of likely N-dealkylation sites (N-methyl/N-ethyl adjacent to an activating group) is 1. The van der Waals surface area contributed by atoms with Crippen LogP contribution in [0.2, 0.25) is 0 Å². The van der Waals surface area contributed by atoms with Crippen LogP contribution in [0.4, 0.5) is 0 Å². The number of nitrogens with zero attached hydrogens (tertiary/aromatic N) is 1. The molecule has 1 fully saturated rings. The molecule has 0 saturated heterocycles. The lowest BCUT2D eigenvalue weighted by atomic mass is 10.1. The highest BCUT2D eigenvalue weighted by molar-refractivity contribution is 5.81. The lowest BCUT2D eigenvalue weighted by Crippen LogP contribution is -2.45. The molecule has 1 saturated carbocycles. The molecule has 1 aromatic rings. The minimum atomic E-state index is -0.493. The molecule has 1 aliphatic carbocycles. The summed E-state index contributed by atoms with van der Waals surface area (Å²) in [5, 5.41) is 3.04. The van der Waals surface area contributed by atoms with Gasteiger partial charge >= 0.3 is 0 Å². The van der Waals surface area contributed by atoms with Crippen LogP contribution in [-0.4, -0.2) is 70.6 Å². The molecule has 1 amide bonds. The summed E-state index contributed by atoms with van der Waals surface area (Å²) in [6.45, 7) is 8.96. The van der Waals surface area contributed by atoms with E-state index in [1.807, 2.05) is 49.2 Å². The highest BCUT2D eigenvalue weighted by Gasteiger charge is 2.35. The van der Waals surface area contributed by atoms with E-state index in [1.165, 1.54) is 0 Å². The van der Waals surface area contributed by atoms with E-state index in [4.69, 9.17) is 18.9 Å². The van der Waals surface area contributed by atoms with Crippen LogP contribution in [0.15, 0.2) is 54.7 Å². The summed E-state index contributed by atoms with van der Waals surface area (Å²) in [6.07, 6.45) is 10.1. The van der Waals surface area contributed by atoms with Gasteiger partial charge in [-0.05, 0) is 56.5 Å².